The van der Waals surface area contributed by atoms with Crippen LogP contribution >= 0.6 is 22.9 Å². The number of likely N-dealkylation sites (N-methyl/N-ethyl adjacent to an activating group) is 1. The molecule has 0 amide bonds. The van der Waals surface area contributed by atoms with E-state index in [9.17, 15) is 0 Å². The van der Waals surface area contributed by atoms with Crippen molar-refractivity contribution < 1.29 is 4.42 Å². The molecule has 19 heavy (non-hydrogen) atoms. The molecule has 0 aliphatic rings. The summed E-state index contributed by atoms with van der Waals surface area (Å²) in [6, 6.07) is 6.04. The van der Waals surface area contributed by atoms with E-state index in [4.69, 9.17) is 16.0 Å². The Bertz CT molecular complexity index is 509. The first-order valence-electron chi connectivity index (χ1n) is 6.31. The zero-order chi connectivity index (χ0) is 13.7. The maximum Gasteiger partial charge on any atom is 0.105 e. The molecule has 1 N–H and O–H groups in total. The Morgan fingerprint density at radius 1 is 1.37 bits per heavy atom. The molecule has 0 aliphatic carbocycles. The normalized spacial score (nSPS) is 11.4. The number of rotatable bonds is 7. The third-order valence-corrected chi connectivity index (χ3v) is 4.24. The van der Waals surface area contributed by atoms with Crippen molar-refractivity contribution >= 4 is 22.9 Å². The predicted molar refractivity (Wildman–Crippen MR) is 80.8 cm³/mol. The standard InChI is InChI=1S/C14H19ClN2OS/c1-11-12(5-8-18-11)10-17(2)7-6-16-9-13-3-4-14(15)19-13/h3-5,8,16H,6-7,9-10H2,1-2H3. The van der Waals surface area contributed by atoms with Crippen molar-refractivity contribution in [1.29, 1.82) is 0 Å². The lowest BCUT2D eigenvalue weighted by atomic mass is 10.2. The third kappa shape index (κ3) is 4.66. The molecule has 0 unspecified atom stereocenters. The first-order chi connectivity index (χ1) is 9.15. The Morgan fingerprint density at radius 2 is 2.21 bits per heavy atom. The van der Waals surface area contributed by atoms with Crippen LogP contribution in [0.15, 0.2) is 28.9 Å². The smallest absolute Gasteiger partial charge is 0.105 e. The van der Waals surface area contributed by atoms with Gasteiger partial charge in [-0.1, -0.05) is 11.6 Å². The van der Waals surface area contributed by atoms with Crippen molar-refractivity contribution in [1.82, 2.24) is 10.2 Å². The van der Waals surface area contributed by atoms with Gasteiger partial charge in [-0.15, -0.1) is 11.3 Å². The van der Waals surface area contributed by atoms with Gasteiger partial charge in [0, 0.05) is 36.6 Å². The van der Waals surface area contributed by atoms with Gasteiger partial charge in [-0.25, -0.2) is 0 Å². The van der Waals surface area contributed by atoms with E-state index in [2.05, 4.69) is 23.3 Å². The zero-order valence-electron chi connectivity index (χ0n) is 11.3. The molecule has 3 nitrogen and oxygen atoms in total. The van der Waals surface area contributed by atoms with Crippen molar-refractivity contribution in [2.45, 2.75) is 20.0 Å². The molecule has 2 rings (SSSR count). The number of furan rings is 1. The van der Waals surface area contributed by atoms with Gasteiger partial charge in [-0.3, -0.25) is 0 Å². The minimum absolute atomic E-state index is 0.851. The minimum atomic E-state index is 0.851. The molecule has 2 heterocycles. The van der Waals surface area contributed by atoms with E-state index >= 15 is 0 Å². The van der Waals surface area contributed by atoms with E-state index in [1.165, 1.54) is 10.4 Å². The highest BCUT2D eigenvalue weighted by Gasteiger charge is 2.05. The molecule has 0 bridgehead atoms. The number of nitrogens with one attached hydrogen (secondary N) is 1. The first kappa shape index (κ1) is 14.6. The lowest BCUT2D eigenvalue weighted by molar-refractivity contribution is 0.321. The number of nitrogens with zero attached hydrogens (tertiary/aromatic N) is 1. The maximum absolute atomic E-state index is 5.89. The van der Waals surface area contributed by atoms with E-state index in [0.717, 1.165) is 36.3 Å². The van der Waals surface area contributed by atoms with E-state index in [0.29, 0.717) is 0 Å². The van der Waals surface area contributed by atoms with Crippen LogP contribution in [0.1, 0.15) is 16.2 Å². The molecule has 0 fully saturated rings. The molecule has 0 radical (unpaired) electrons. The monoisotopic (exact) mass is 298 g/mol. The van der Waals surface area contributed by atoms with E-state index in [1.54, 1.807) is 17.6 Å². The Kier molecular flexibility index (Phi) is 5.45. The highest BCUT2D eigenvalue weighted by molar-refractivity contribution is 7.16. The topological polar surface area (TPSA) is 28.4 Å². The quantitative estimate of drug-likeness (QED) is 0.793. The minimum Gasteiger partial charge on any atom is -0.469 e. The molecule has 0 aromatic carbocycles. The molecular formula is C14H19ClN2OS. The van der Waals surface area contributed by atoms with Crippen LogP contribution in [0.3, 0.4) is 0 Å². The number of hydrogen-bond donors (Lipinski definition) is 1. The zero-order valence-corrected chi connectivity index (χ0v) is 12.9. The summed E-state index contributed by atoms with van der Waals surface area (Å²) in [6.07, 6.45) is 1.75. The highest BCUT2D eigenvalue weighted by atomic mass is 35.5. The van der Waals surface area contributed by atoms with Gasteiger partial charge in [0.05, 0.1) is 10.6 Å². The fourth-order valence-corrected chi connectivity index (χ4v) is 2.93. The van der Waals surface area contributed by atoms with Gasteiger partial charge in [0.2, 0.25) is 0 Å². The van der Waals surface area contributed by atoms with Gasteiger partial charge in [-0.2, -0.15) is 0 Å². The van der Waals surface area contributed by atoms with Crippen LogP contribution in [0, 0.1) is 6.92 Å². The van der Waals surface area contributed by atoms with Gasteiger partial charge in [0.1, 0.15) is 5.76 Å². The number of aryl methyl sites for hydroxylation is 1. The van der Waals surface area contributed by atoms with Crippen molar-refractivity contribution in [2.24, 2.45) is 0 Å². The molecule has 2 aromatic heterocycles. The lowest BCUT2D eigenvalue weighted by Crippen LogP contribution is -2.28. The Balaban J connectivity index is 1.64. The van der Waals surface area contributed by atoms with Crippen LogP contribution in [-0.2, 0) is 13.1 Å². The average Bonchev–Trinajstić information content (AvgIpc) is 2.95. The Hall–Kier alpha value is -0.810. The number of hydrogen-bond acceptors (Lipinski definition) is 4. The SMILES string of the molecule is Cc1occc1CN(C)CCNCc1ccc(Cl)s1. The van der Waals surface area contributed by atoms with Gasteiger partial charge in [-0.05, 0) is 32.2 Å². The van der Waals surface area contributed by atoms with Crippen molar-refractivity contribution in [3.05, 3.63) is 45.0 Å². The fraction of sp³-hybridized carbons (Fsp3) is 0.429. The van der Waals surface area contributed by atoms with Crippen LogP contribution in [0.5, 0.6) is 0 Å². The second-order valence-electron chi connectivity index (χ2n) is 4.62. The summed E-state index contributed by atoms with van der Waals surface area (Å²) >= 11 is 7.52. The molecule has 2 aromatic rings. The highest BCUT2D eigenvalue weighted by Crippen LogP contribution is 2.20. The maximum atomic E-state index is 5.89. The lowest BCUT2D eigenvalue weighted by Gasteiger charge is -2.16. The van der Waals surface area contributed by atoms with Crippen molar-refractivity contribution in [3.63, 3.8) is 0 Å². The molecule has 0 saturated heterocycles. The molecule has 0 spiro atoms. The second-order valence-corrected chi connectivity index (χ2v) is 6.42. The fourth-order valence-electron chi connectivity index (χ4n) is 1.87. The average molecular weight is 299 g/mol. The van der Waals surface area contributed by atoms with E-state index < -0.39 is 0 Å². The van der Waals surface area contributed by atoms with Crippen LogP contribution in [0.2, 0.25) is 4.34 Å². The van der Waals surface area contributed by atoms with Crippen molar-refractivity contribution in [3.8, 4) is 0 Å². The van der Waals surface area contributed by atoms with Gasteiger partial charge in [0.25, 0.3) is 0 Å². The van der Waals surface area contributed by atoms with Gasteiger partial charge >= 0.3 is 0 Å². The van der Waals surface area contributed by atoms with Crippen LogP contribution in [0.4, 0.5) is 0 Å². The molecule has 0 atom stereocenters. The first-order valence-corrected chi connectivity index (χ1v) is 7.51. The second kappa shape index (κ2) is 7.10. The summed E-state index contributed by atoms with van der Waals surface area (Å²) in [4.78, 5) is 3.56. The Labute approximate surface area is 123 Å². The van der Waals surface area contributed by atoms with Crippen LogP contribution in [0.25, 0.3) is 0 Å². The van der Waals surface area contributed by atoms with E-state index in [-0.39, 0.29) is 0 Å². The largest absolute Gasteiger partial charge is 0.469 e. The van der Waals surface area contributed by atoms with Gasteiger partial charge in [0.15, 0.2) is 0 Å². The molecule has 104 valence electrons. The van der Waals surface area contributed by atoms with Crippen LogP contribution < -0.4 is 5.32 Å². The summed E-state index contributed by atoms with van der Waals surface area (Å²) in [7, 11) is 2.12. The molecular weight excluding hydrogens is 280 g/mol. The summed E-state index contributed by atoms with van der Waals surface area (Å²) in [5, 5.41) is 3.43. The summed E-state index contributed by atoms with van der Waals surface area (Å²) in [5.41, 5.74) is 1.26. The van der Waals surface area contributed by atoms with Gasteiger partial charge < -0.3 is 14.6 Å². The molecule has 5 heteroatoms. The number of halogens is 1. The molecule has 0 aliphatic heterocycles. The molecule has 0 saturated carbocycles. The Morgan fingerprint density at radius 3 is 2.84 bits per heavy atom. The predicted octanol–water partition coefficient (Wildman–Crippen LogP) is 3.52. The van der Waals surface area contributed by atoms with E-state index in [1.807, 2.05) is 19.1 Å². The third-order valence-electron chi connectivity index (χ3n) is 3.00. The summed E-state index contributed by atoms with van der Waals surface area (Å²) in [6.45, 7) is 5.78. The summed E-state index contributed by atoms with van der Waals surface area (Å²) in [5.74, 6) is 1.01. The van der Waals surface area contributed by atoms with Crippen LogP contribution in [-0.4, -0.2) is 25.0 Å². The number of thiophene rings is 1. The summed E-state index contributed by atoms with van der Waals surface area (Å²) < 4.78 is 6.15. The van der Waals surface area contributed by atoms with Crippen molar-refractivity contribution in [2.75, 3.05) is 20.1 Å².